The first-order chi connectivity index (χ1) is 26.7. The van der Waals surface area contributed by atoms with Crippen molar-refractivity contribution in [2.45, 2.75) is 123 Å². The van der Waals surface area contributed by atoms with Crippen molar-refractivity contribution >= 4 is 29.3 Å². The van der Waals surface area contributed by atoms with Gasteiger partial charge in [-0.25, -0.2) is 4.98 Å². The Kier molecular flexibility index (Phi) is 10.2. The third-order valence-corrected chi connectivity index (χ3v) is 20.6. The fourth-order valence-electron chi connectivity index (χ4n) is 13.3. The van der Waals surface area contributed by atoms with Crippen LogP contribution in [0, 0.1) is 46.3 Å². The fourth-order valence-corrected chi connectivity index (χ4v) is 17.6. The number of ether oxygens (including phenoxy) is 3. The van der Waals surface area contributed by atoms with Crippen LogP contribution in [0.2, 0.25) is 0 Å². The number of fused-ring (bicyclic) bond motifs is 7. The number of hydrogen-bond donors (Lipinski definition) is 0. The summed E-state index contributed by atoms with van der Waals surface area (Å²) in [5.41, 5.74) is 3.27. The molecule has 1 aromatic heterocycles. The highest BCUT2D eigenvalue weighted by Crippen LogP contribution is 2.70. The Labute approximate surface area is 330 Å². The maximum atomic E-state index is 13.5. The molecule has 9 rings (SSSR count). The third kappa shape index (κ3) is 6.38. The van der Waals surface area contributed by atoms with E-state index in [4.69, 9.17) is 19.2 Å². The molecule has 0 bridgehead atoms. The minimum atomic E-state index is -2.00. The van der Waals surface area contributed by atoms with E-state index in [2.05, 4.69) is 107 Å². The SMILES string of the molecule is C[C@@H]1CC[C@@]2(OC1)O[C@H]1C[C@H]3[C@@H]4CC=C5C[C@@H](OC(=O)CCCC[P+](c6ccccc6)(c6ccccc6)c6ccccn6)CC[C@]5(C)[C@H]4CC[C@]3(C)[C@H]1[C@@H]2C. The number of carbonyl (C=O) groups excluding carboxylic acids is 1. The smallest absolute Gasteiger partial charge is 0.306 e. The zero-order chi connectivity index (χ0) is 37.8. The van der Waals surface area contributed by atoms with E-state index in [1.165, 1.54) is 42.7 Å². The second-order valence-electron chi connectivity index (χ2n) is 19.0. The molecule has 55 heavy (non-hydrogen) atoms. The number of carbonyl (C=O) groups is 1. The van der Waals surface area contributed by atoms with Gasteiger partial charge in [-0.1, -0.05) is 81.8 Å². The summed E-state index contributed by atoms with van der Waals surface area (Å²) in [5, 5.41) is 2.68. The van der Waals surface area contributed by atoms with Gasteiger partial charge in [-0.15, -0.1) is 0 Å². The van der Waals surface area contributed by atoms with Crippen molar-refractivity contribution in [2.75, 3.05) is 12.8 Å². The monoisotopic (exact) mass is 760 g/mol. The molecule has 3 heterocycles. The zero-order valence-corrected chi connectivity index (χ0v) is 34.6. The molecule has 6 aliphatic rings. The lowest BCUT2D eigenvalue weighted by atomic mass is 9.47. The molecule has 2 aliphatic heterocycles. The van der Waals surface area contributed by atoms with Crippen molar-refractivity contribution in [3.05, 3.63) is 96.7 Å². The van der Waals surface area contributed by atoms with Gasteiger partial charge in [0.2, 0.25) is 0 Å². The van der Waals surface area contributed by atoms with Crippen LogP contribution in [0.3, 0.4) is 0 Å². The van der Waals surface area contributed by atoms with Crippen molar-refractivity contribution < 1.29 is 19.0 Å². The van der Waals surface area contributed by atoms with Crippen LogP contribution in [0.5, 0.6) is 0 Å². The van der Waals surface area contributed by atoms with Crippen LogP contribution < -0.4 is 16.0 Å². The van der Waals surface area contributed by atoms with E-state index in [-0.39, 0.29) is 23.3 Å². The summed E-state index contributed by atoms with van der Waals surface area (Å²) in [7, 11) is -2.00. The largest absolute Gasteiger partial charge is 0.462 e. The second kappa shape index (κ2) is 14.8. The van der Waals surface area contributed by atoms with E-state index < -0.39 is 7.26 Å². The van der Waals surface area contributed by atoms with Gasteiger partial charge in [0.15, 0.2) is 11.2 Å². The number of allylic oxidation sites excluding steroid dienone is 1. The van der Waals surface area contributed by atoms with E-state index in [0.29, 0.717) is 41.6 Å². The lowest BCUT2D eigenvalue weighted by molar-refractivity contribution is -0.272. The molecular formula is C49H63NO4P+. The first kappa shape index (κ1) is 37.7. The van der Waals surface area contributed by atoms with Crippen LogP contribution >= 0.6 is 7.26 Å². The molecule has 2 aromatic carbocycles. The van der Waals surface area contributed by atoms with Crippen molar-refractivity contribution in [3.63, 3.8) is 0 Å². The average molecular weight is 761 g/mol. The summed E-state index contributed by atoms with van der Waals surface area (Å²) in [6.07, 6.45) is 18.4. The quantitative estimate of drug-likeness (QED) is 0.0942. The van der Waals surface area contributed by atoms with Crippen LogP contribution in [0.25, 0.3) is 0 Å². The maximum Gasteiger partial charge on any atom is 0.306 e. The summed E-state index contributed by atoms with van der Waals surface area (Å²) < 4.78 is 19.9. The molecule has 6 heteroatoms. The molecule has 1 spiro atoms. The first-order valence-electron chi connectivity index (χ1n) is 21.8. The second-order valence-corrected chi connectivity index (χ2v) is 22.5. The van der Waals surface area contributed by atoms with Gasteiger partial charge in [0.1, 0.15) is 24.0 Å². The molecule has 5 fully saturated rings. The Hall–Kier alpha value is -2.85. The highest BCUT2D eigenvalue weighted by Gasteiger charge is 2.68. The number of hydrogen-bond acceptors (Lipinski definition) is 5. The molecule has 2 saturated heterocycles. The van der Waals surface area contributed by atoms with E-state index in [1.807, 2.05) is 12.3 Å². The highest BCUT2D eigenvalue weighted by molar-refractivity contribution is 7.95. The molecule has 292 valence electrons. The van der Waals surface area contributed by atoms with E-state index in [1.54, 1.807) is 5.57 Å². The Morgan fingerprint density at radius 1 is 0.873 bits per heavy atom. The number of nitrogens with zero attached hydrogens (tertiary/aromatic N) is 1. The Balaban J connectivity index is 0.829. The summed E-state index contributed by atoms with van der Waals surface area (Å²) in [6, 6.07) is 28.1. The lowest BCUT2D eigenvalue weighted by Gasteiger charge is -2.58. The Morgan fingerprint density at radius 3 is 2.31 bits per heavy atom. The average Bonchev–Trinajstić information content (AvgIpc) is 3.66. The summed E-state index contributed by atoms with van der Waals surface area (Å²) in [6.45, 7) is 10.8. The van der Waals surface area contributed by atoms with Gasteiger partial charge in [-0.3, -0.25) is 4.79 Å². The van der Waals surface area contributed by atoms with Crippen LogP contribution in [0.15, 0.2) is 96.7 Å². The van der Waals surface area contributed by atoms with Gasteiger partial charge in [-0.2, -0.15) is 0 Å². The summed E-state index contributed by atoms with van der Waals surface area (Å²) in [4.78, 5) is 18.4. The number of unbranched alkanes of at least 4 members (excludes halogenated alkanes) is 1. The lowest BCUT2D eigenvalue weighted by Crippen LogP contribution is -2.52. The van der Waals surface area contributed by atoms with Gasteiger partial charge >= 0.3 is 5.97 Å². The minimum Gasteiger partial charge on any atom is -0.462 e. The van der Waals surface area contributed by atoms with Crippen LogP contribution in [0.1, 0.15) is 105 Å². The summed E-state index contributed by atoms with van der Waals surface area (Å²) in [5.74, 6) is 3.49. The normalized spacial score (nSPS) is 38.0. The minimum absolute atomic E-state index is 0.000432. The topological polar surface area (TPSA) is 57.7 Å². The van der Waals surface area contributed by atoms with Gasteiger partial charge in [0.05, 0.1) is 18.9 Å². The van der Waals surface area contributed by atoms with Crippen LogP contribution in [0.4, 0.5) is 0 Å². The molecule has 3 aromatic rings. The molecule has 0 radical (unpaired) electrons. The Morgan fingerprint density at radius 2 is 1.62 bits per heavy atom. The van der Waals surface area contributed by atoms with Crippen molar-refractivity contribution in [1.29, 1.82) is 0 Å². The molecule has 0 N–H and O–H groups in total. The maximum absolute atomic E-state index is 13.5. The number of benzene rings is 2. The van der Waals surface area contributed by atoms with Gasteiger partial charge in [0.25, 0.3) is 0 Å². The first-order valence-corrected chi connectivity index (χ1v) is 23.8. The molecule has 5 nitrogen and oxygen atoms in total. The van der Waals surface area contributed by atoms with Gasteiger partial charge in [0, 0.05) is 37.4 Å². The van der Waals surface area contributed by atoms with E-state index in [0.717, 1.165) is 68.6 Å². The van der Waals surface area contributed by atoms with Crippen molar-refractivity contribution in [3.8, 4) is 0 Å². The summed E-state index contributed by atoms with van der Waals surface area (Å²) >= 11 is 0. The predicted molar refractivity (Wildman–Crippen MR) is 223 cm³/mol. The molecule has 0 amide bonds. The number of aromatic nitrogens is 1. The predicted octanol–water partition coefficient (Wildman–Crippen LogP) is 9.82. The molecule has 4 aliphatic carbocycles. The van der Waals surface area contributed by atoms with E-state index in [9.17, 15) is 4.79 Å². The standard InChI is InChI=1S/C49H63NO4P/c1-34-23-28-49(52-33-34)35(2)46-43(54-49)32-42-40-22-21-36-31-37(24-26-47(36,3)41(40)25-27-48(42,46)4)53-45(51)20-12-14-30-55(38-15-7-5-8-16-38,39-17-9-6-10-18-39)44-19-11-13-29-50-44/h5-11,13,15-19,21,29,34-35,37,40-43,46H,12,14,20,22-28,30-33H2,1-4H3/q+1/t34-,35+,37+,40-,41+,42+,43+,46+,47+,48+,49-/m1/s1. The molecule has 3 saturated carbocycles. The van der Waals surface area contributed by atoms with Crippen molar-refractivity contribution in [2.24, 2.45) is 46.3 Å². The van der Waals surface area contributed by atoms with Crippen molar-refractivity contribution in [1.82, 2.24) is 4.98 Å². The molecule has 0 unspecified atom stereocenters. The molecular weight excluding hydrogens is 698 g/mol. The van der Waals surface area contributed by atoms with Gasteiger partial charge in [-0.05, 0) is 129 Å². The Bertz CT molecular complexity index is 1750. The molecule has 11 atom stereocenters. The van der Waals surface area contributed by atoms with Gasteiger partial charge < -0.3 is 14.2 Å². The fraction of sp³-hybridized carbons (Fsp3) is 0.592. The number of esters is 1. The van der Waals surface area contributed by atoms with E-state index >= 15 is 0 Å². The zero-order valence-electron chi connectivity index (χ0n) is 33.7. The number of pyridine rings is 1. The number of rotatable bonds is 9. The highest BCUT2D eigenvalue weighted by atomic mass is 31.2. The van der Waals surface area contributed by atoms with Crippen LogP contribution in [-0.2, 0) is 19.0 Å². The third-order valence-electron chi connectivity index (χ3n) is 16.2. The van der Waals surface area contributed by atoms with Crippen LogP contribution in [-0.4, -0.2) is 41.7 Å².